The maximum atomic E-state index is 15.2. The van der Waals surface area contributed by atoms with Crippen molar-refractivity contribution in [1.29, 1.82) is 0 Å². The second-order valence-electron chi connectivity index (χ2n) is 12.8. The number of fused-ring (bicyclic) bond motifs is 2. The SMILES string of the molecule is C#CCCCCC(=O)NCCCCCC(=O)NCCc1c[nH]c2cc(F)cc(-c3[nH]c(C(=O)O)c(-c4c(Cl)ccc5[nH]ccc45)c3C(C)C)c12. The van der Waals surface area contributed by atoms with Crippen LogP contribution in [0.2, 0.25) is 5.02 Å². The lowest BCUT2D eigenvalue weighted by molar-refractivity contribution is -0.122. The summed E-state index contributed by atoms with van der Waals surface area (Å²) in [6, 6.07) is 8.29. The first-order valence-electron chi connectivity index (χ1n) is 17.1. The van der Waals surface area contributed by atoms with Crippen LogP contribution in [-0.4, -0.2) is 50.9 Å². The van der Waals surface area contributed by atoms with Crippen molar-refractivity contribution >= 4 is 51.2 Å². The van der Waals surface area contributed by atoms with Crippen molar-refractivity contribution in [2.24, 2.45) is 0 Å². The molecule has 0 aliphatic rings. The van der Waals surface area contributed by atoms with Gasteiger partial charge in [0.05, 0.1) is 5.69 Å². The highest BCUT2D eigenvalue weighted by atomic mass is 35.5. The summed E-state index contributed by atoms with van der Waals surface area (Å²) in [4.78, 5) is 46.7. The van der Waals surface area contributed by atoms with Gasteiger partial charge in [-0.3, -0.25) is 9.59 Å². The number of aromatic nitrogens is 3. The molecule has 0 unspecified atom stereocenters. The van der Waals surface area contributed by atoms with Crippen molar-refractivity contribution in [3.63, 3.8) is 0 Å². The molecule has 0 aliphatic carbocycles. The molecule has 0 aliphatic heterocycles. The monoisotopic (exact) mass is 699 g/mol. The minimum absolute atomic E-state index is 0.0282. The average molecular weight is 700 g/mol. The van der Waals surface area contributed by atoms with Crippen LogP contribution in [0.15, 0.2) is 42.7 Å². The third-order valence-corrected chi connectivity index (χ3v) is 9.27. The van der Waals surface area contributed by atoms with Gasteiger partial charge in [-0.2, -0.15) is 0 Å². The van der Waals surface area contributed by atoms with E-state index in [9.17, 15) is 19.5 Å². The number of unbranched alkanes of at least 4 members (excludes halogenated alkanes) is 4. The number of aromatic amines is 3. The first-order chi connectivity index (χ1) is 24.1. The van der Waals surface area contributed by atoms with Crippen LogP contribution in [0.1, 0.15) is 92.7 Å². The quantitative estimate of drug-likeness (QED) is 0.0428. The van der Waals surface area contributed by atoms with Crippen LogP contribution in [0, 0.1) is 18.2 Å². The van der Waals surface area contributed by atoms with Crippen molar-refractivity contribution in [3.05, 3.63) is 70.4 Å². The molecule has 0 saturated heterocycles. The van der Waals surface area contributed by atoms with E-state index in [2.05, 4.69) is 31.5 Å². The lowest BCUT2D eigenvalue weighted by Gasteiger charge is -2.15. The molecule has 3 aromatic heterocycles. The summed E-state index contributed by atoms with van der Waals surface area (Å²) in [6.45, 7) is 4.90. The molecular formula is C39H43ClFN5O4. The number of terminal acetylenes is 1. The molecule has 50 heavy (non-hydrogen) atoms. The highest BCUT2D eigenvalue weighted by Gasteiger charge is 2.29. The van der Waals surface area contributed by atoms with Gasteiger partial charge in [0, 0.05) is 88.3 Å². The fourth-order valence-electron chi connectivity index (χ4n) is 6.62. The number of carboxylic acids is 1. The number of carboxylic acid groups (broad SMARTS) is 1. The van der Waals surface area contributed by atoms with Crippen LogP contribution in [0.4, 0.5) is 4.39 Å². The minimum Gasteiger partial charge on any atom is -0.477 e. The van der Waals surface area contributed by atoms with E-state index < -0.39 is 11.8 Å². The third-order valence-electron chi connectivity index (χ3n) is 8.95. The Kier molecular flexibility index (Phi) is 12.0. The van der Waals surface area contributed by atoms with Gasteiger partial charge in [0.2, 0.25) is 11.8 Å². The van der Waals surface area contributed by atoms with Gasteiger partial charge in [0.25, 0.3) is 0 Å². The zero-order chi connectivity index (χ0) is 35.8. The lowest BCUT2D eigenvalue weighted by atomic mass is 9.88. The highest BCUT2D eigenvalue weighted by Crippen LogP contribution is 2.46. The number of benzene rings is 2. The Balaban J connectivity index is 1.30. The average Bonchev–Trinajstić information content (AvgIpc) is 3.82. The molecule has 3 heterocycles. The third kappa shape index (κ3) is 8.23. The Bertz CT molecular complexity index is 2050. The van der Waals surface area contributed by atoms with E-state index in [-0.39, 0.29) is 23.4 Å². The standard InChI is InChI=1S/C39H43ClFN5O4/c1-4-5-6-8-11-31(47)43-17-10-7-9-12-32(48)44-18-15-24-22-45-30-21-25(41)20-27(34(24)30)37-33(23(2)3)36(38(46-37)39(49)50)35-26-16-19-42-29(26)14-13-28(35)40/h1,13-14,16,19-23,42,45-46H,5-12,15,17-18H2,2-3H3,(H,43,47)(H,44,48)(H,49,50). The molecule has 0 radical (unpaired) electrons. The van der Waals surface area contributed by atoms with Gasteiger partial charge in [-0.25, -0.2) is 9.18 Å². The maximum Gasteiger partial charge on any atom is 0.352 e. The molecule has 0 atom stereocenters. The summed E-state index contributed by atoms with van der Waals surface area (Å²) in [5, 5.41) is 18.2. The second kappa shape index (κ2) is 16.6. The van der Waals surface area contributed by atoms with Crippen LogP contribution in [0.3, 0.4) is 0 Å². The summed E-state index contributed by atoms with van der Waals surface area (Å²) in [7, 11) is 0. The summed E-state index contributed by atoms with van der Waals surface area (Å²) in [5.74, 6) is 0.758. The Labute approximate surface area is 295 Å². The van der Waals surface area contributed by atoms with Crippen LogP contribution in [0.25, 0.3) is 44.2 Å². The first-order valence-corrected chi connectivity index (χ1v) is 17.5. The number of H-pyrrole nitrogens is 3. The molecule has 0 saturated carbocycles. The molecule has 2 amide bonds. The summed E-state index contributed by atoms with van der Waals surface area (Å²) < 4.78 is 15.2. The Morgan fingerprint density at radius 3 is 2.40 bits per heavy atom. The Morgan fingerprint density at radius 2 is 1.68 bits per heavy atom. The number of halogens is 2. The molecule has 5 aromatic rings. The van der Waals surface area contributed by atoms with Gasteiger partial charge >= 0.3 is 5.97 Å². The second-order valence-corrected chi connectivity index (χ2v) is 13.3. The van der Waals surface area contributed by atoms with E-state index >= 15 is 4.39 Å². The van der Waals surface area contributed by atoms with E-state index in [1.807, 2.05) is 26.0 Å². The van der Waals surface area contributed by atoms with Gasteiger partial charge in [-0.15, -0.1) is 12.3 Å². The number of nitrogens with one attached hydrogen (secondary N) is 5. The Morgan fingerprint density at radius 1 is 0.940 bits per heavy atom. The fourth-order valence-corrected chi connectivity index (χ4v) is 6.88. The molecule has 0 fully saturated rings. The lowest BCUT2D eigenvalue weighted by Crippen LogP contribution is -2.25. The molecule has 5 rings (SSSR count). The smallest absolute Gasteiger partial charge is 0.352 e. The maximum absolute atomic E-state index is 15.2. The molecule has 262 valence electrons. The molecule has 6 N–H and O–H groups in total. The van der Waals surface area contributed by atoms with Crippen molar-refractivity contribution < 1.29 is 23.9 Å². The van der Waals surface area contributed by atoms with E-state index in [1.54, 1.807) is 18.5 Å². The zero-order valence-corrected chi connectivity index (χ0v) is 29.2. The predicted molar refractivity (Wildman–Crippen MR) is 197 cm³/mol. The van der Waals surface area contributed by atoms with E-state index in [1.165, 1.54) is 12.1 Å². The predicted octanol–water partition coefficient (Wildman–Crippen LogP) is 8.45. The van der Waals surface area contributed by atoms with Gasteiger partial charge in [-0.1, -0.05) is 31.9 Å². The van der Waals surface area contributed by atoms with Gasteiger partial charge in [0.1, 0.15) is 11.5 Å². The molecule has 0 spiro atoms. The normalized spacial score (nSPS) is 11.4. The number of hydrogen-bond acceptors (Lipinski definition) is 3. The topological polar surface area (TPSA) is 143 Å². The summed E-state index contributed by atoms with van der Waals surface area (Å²) >= 11 is 6.76. The number of carbonyl (C=O) groups excluding carboxylic acids is 2. The Hall–Kier alpha value is -5.01. The molecular weight excluding hydrogens is 657 g/mol. The van der Waals surface area contributed by atoms with Crippen LogP contribution < -0.4 is 10.6 Å². The minimum atomic E-state index is -1.15. The number of aromatic carboxylic acids is 1. The van der Waals surface area contributed by atoms with E-state index in [4.69, 9.17) is 18.0 Å². The fraction of sp³-hybridized carbons (Fsp3) is 0.359. The molecule has 9 nitrogen and oxygen atoms in total. The molecule has 2 aromatic carbocycles. The van der Waals surface area contributed by atoms with Crippen LogP contribution >= 0.6 is 11.6 Å². The number of carbonyl (C=O) groups is 3. The van der Waals surface area contributed by atoms with Gasteiger partial charge in [0.15, 0.2) is 0 Å². The largest absolute Gasteiger partial charge is 0.477 e. The van der Waals surface area contributed by atoms with Crippen molar-refractivity contribution in [3.8, 4) is 34.7 Å². The number of hydrogen-bond donors (Lipinski definition) is 6. The summed E-state index contributed by atoms with van der Waals surface area (Å²) in [6.07, 6.45) is 14.8. The van der Waals surface area contributed by atoms with Crippen molar-refractivity contribution in [2.45, 2.75) is 77.6 Å². The van der Waals surface area contributed by atoms with Crippen molar-refractivity contribution in [2.75, 3.05) is 13.1 Å². The molecule has 11 heteroatoms. The van der Waals surface area contributed by atoms with Gasteiger partial charge in [-0.05, 0) is 79.5 Å². The molecule has 0 bridgehead atoms. The number of amides is 2. The van der Waals surface area contributed by atoms with Crippen molar-refractivity contribution in [1.82, 2.24) is 25.6 Å². The number of rotatable bonds is 17. The van der Waals surface area contributed by atoms with Crippen LogP contribution in [-0.2, 0) is 16.0 Å². The highest BCUT2D eigenvalue weighted by molar-refractivity contribution is 6.35. The zero-order valence-electron chi connectivity index (χ0n) is 28.4. The van der Waals surface area contributed by atoms with Gasteiger partial charge < -0.3 is 30.7 Å². The summed E-state index contributed by atoms with van der Waals surface area (Å²) in [5.41, 5.74) is 5.02. The van der Waals surface area contributed by atoms with E-state index in [0.29, 0.717) is 83.7 Å². The van der Waals surface area contributed by atoms with E-state index in [0.717, 1.165) is 47.5 Å². The first kappa shape index (κ1) is 36.3. The van der Waals surface area contributed by atoms with Crippen LogP contribution in [0.5, 0.6) is 0 Å².